The third-order valence-electron chi connectivity index (χ3n) is 2.14. The van der Waals surface area contributed by atoms with E-state index in [1.54, 1.807) is 0 Å². The highest BCUT2D eigenvalue weighted by Gasteiger charge is 2.19. The fourth-order valence-corrected chi connectivity index (χ4v) is 1.64. The maximum atomic E-state index is 11.5. The van der Waals surface area contributed by atoms with Crippen molar-refractivity contribution in [3.8, 4) is 0 Å². The lowest BCUT2D eigenvalue weighted by Crippen LogP contribution is -2.37. The summed E-state index contributed by atoms with van der Waals surface area (Å²) in [4.78, 5) is 32.0. The van der Waals surface area contributed by atoms with Gasteiger partial charge in [-0.2, -0.15) is 0 Å². The Labute approximate surface area is 115 Å². The normalized spacial score (nSPS) is 11.7. The van der Waals surface area contributed by atoms with Crippen molar-refractivity contribution >= 4 is 39.2 Å². The zero-order valence-electron chi connectivity index (χ0n) is 9.50. The van der Waals surface area contributed by atoms with Crippen molar-refractivity contribution in [3.05, 3.63) is 32.8 Å². The molecule has 1 atom stereocenters. The molecule has 0 bridgehead atoms. The van der Waals surface area contributed by atoms with Gasteiger partial charge in [-0.1, -0.05) is 0 Å². The highest BCUT2D eigenvalue weighted by molar-refractivity contribution is 9.10. The second-order valence-electron chi connectivity index (χ2n) is 3.62. The van der Waals surface area contributed by atoms with Gasteiger partial charge in [-0.3, -0.25) is 19.7 Å². The van der Waals surface area contributed by atoms with Crippen LogP contribution in [0.1, 0.15) is 6.42 Å². The molecule has 0 saturated carbocycles. The molecule has 0 aliphatic rings. The number of benzene rings is 1. The lowest BCUT2D eigenvalue weighted by atomic mass is 10.2. The van der Waals surface area contributed by atoms with E-state index in [-0.39, 0.29) is 15.8 Å². The van der Waals surface area contributed by atoms with Gasteiger partial charge in [0.25, 0.3) is 5.69 Å². The second kappa shape index (κ2) is 6.25. The number of rotatable bonds is 5. The molecule has 19 heavy (non-hydrogen) atoms. The number of hydrogen-bond donors (Lipinski definition) is 3. The molecule has 9 heteroatoms. The molecule has 0 radical (unpaired) electrons. The summed E-state index contributed by atoms with van der Waals surface area (Å²) in [5, 5.41) is 21.5. The van der Waals surface area contributed by atoms with Gasteiger partial charge in [0.1, 0.15) is 0 Å². The van der Waals surface area contributed by atoms with E-state index in [1.807, 2.05) is 0 Å². The van der Waals surface area contributed by atoms with Crippen LogP contribution in [0.15, 0.2) is 22.7 Å². The molecule has 1 aromatic carbocycles. The van der Waals surface area contributed by atoms with Crippen molar-refractivity contribution in [2.45, 2.75) is 12.5 Å². The Morgan fingerprint density at radius 1 is 1.53 bits per heavy atom. The van der Waals surface area contributed by atoms with Gasteiger partial charge in [0.15, 0.2) is 0 Å². The maximum Gasteiger partial charge on any atom is 0.305 e. The summed E-state index contributed by atoms with van der Waals surface area (Å²) in [6, 6.07) is 2.76. The number of nitrogens with zero attached hydrogens (tertiary/aromatic N) is 1. The van der Waals surface area contributed by atoms with E-state index in [1.165, 1.54) is 12.1 Å². The first-order valence-corrected chi connectivity index (χ1v) is 5.82. The smallest absolute Gasteiger partial charge is 0.305 e. The minimum atomic E-state index is -1.22. The van der Waals surface area contributed by atoms with E-state index < -0.39 is 29.3 Å². The first-order chi connectivity index (χ1) is 8.81. The average Bonchev–Trinajstić information content (AvgIpc) is 2.30. The molecule has 0 aliphatic carbocycles. The summed E-state index contributed by atoms with van der Waals surface area (Å²) < 4.78 is 0.269. The number of aliphatic carboxylic acids is 1. The lowest BCUT2D eigenvalue weighted by Gasteiger charge is -2.10. The molecule has 1 aromatic rings. The molecule has 4 N–H and O–H groups in total. The van der Waals surface area contributed by atoms with Crippen LogP contribution in [0.25, 0.3) is 0 Å². The van der Waals surface area contributed by atoms with Gasteiger partial charge >= 0.3 is 5.97 Å². The molecule has 0 spiro atoms. The van der Waals surface area contributed by atoms with Crippen molar-refractivity contribution in [3.63, 3.8) is 0 Å². The van der Waals surface area contributed by atoms with Crippen LogP contribution in [-0.2, 0) is 9.59 Å². The first-order valence-electron chi connectivity index (χ1n) is 5.03. The van der Waals surface area contributed by atoms with E-state index in [0.29, 0.717) is 0 Å². The number of hydrogen-bond acceptors (Lipinski definition) is 5. The molecule has 0 heterocycles. The highest BCUT2D eigenvalue weighted by atomic mass is 79.9. The molecular weight excluding hydrogens is 322 g/mol. The minimum absolute atomic E-state index is 0.167. The maximum absolute atomic E-state index is 11.5. The molecule has 102 valence electrons. The van der Waals surface area contributed by atoms with Gasteiger partial charge in [-0.05, 0) is 28.1 Å². The standard InChI is InChI=1S/C10H10BrN3O5/c11-6-2-1-5(3-8(6)14(18)19)13-10(17)7(12)4-9(15)16/h1-3,7H,4,12H2,(H,13,17)(H,15,16). The van der Waals surface area contributed by atoms with Crippen LogP contribution in [0, 0.1) is 10.1 Å². The number of carbonyl (C=O) groups excluding carboxylic acids is 1. The van der Waals surface area contributed by atoms with Crippen molar-refractivity contribution in [2.75, 3.05) is 5.32 Å². The molecule has 8 nitrogen and oxygen atoms in total. The van der Waals surface area contributed by atoms with Crippen molar-refractivity contribution < 1.29 is 19.6 Å². The monoisotopic (exact) mass is 331 g/mol. The molecule has 0 saturated heterocycles. The zero-order valence-corrected chi connectivity index (χ0v) is 11.1. The number of carboxylic acid groups (broad SMARTS) is 1. The Morgan fingerprint density at radius 2 is 2.16 bits per heavy atom. The van der Waals surface area contributed by atoms with Gasteiger partial charge in [-0.25, -0.2) is 0 Å². The Bertz CT molecular complexity index is 534. The number of anilines is 1. The molecular formula is C10H10BrN3O5. The number of halogens is 1. The number of carbonyl (C=O) groups is 2. The number of carboxylic acids is 1. The summed E-state index contributed by atoms with van der Waals surface area (Å²) in [6.07, 6.45) is -0.523. The van der Waals surface area contributed by atoms with E-state index in [9.17, 15) is 19.7 Å². The van der Waals surface area contributed by atoms with Crippen molar-refractivity contribution in [1.82, 2.24) is 0 Å². The predicted octanol–water partition coefficient (Wildman–Crippen LogP) is 1.10. The Hall–Kier alpha value is -2.00. The number of nitrogens with one attached hydrogen (secondary N) is 1. The third-order valence-corrected chi connectivity index (χ3v) is 2.81. The summed E-state index contributed by atoms with van der Waals surface area (Å²) in [7, 11) is 0. The average molecular weight is 332 g/mol. The second-order valence-corrected chi connectivity index (χ2v) is 4.47. The summed E-state index contributed by atoms with van der Waals surface area (Å²) >= 11 is 3.00. The van der Waals surface area contributed by atoms with Gasteiger partial charge in [0.05, 0.1) is 21.9 Å². The largest absolute Gasteiger partial charge is 0.481 e. The van der Waals surface area contributed by atoms with Crippen LogP contribution in [0.5, 0.6) is 0 Å². The van der Waals surface area contributed by atoms with Crippen LogP contribution in [0.3, 0.4) is 0 Å². The van der Waals surface area contributed by atoms with Gasteiger partial charge in [0.2, 0.25) is 5.91 Å². The van der Waals surface area contributed by atoms with Gasteiger partial charge < -0.3 is 16.2 Å². The fourth-order valence-electron chi connectivity index (χ4n) is 1.25. The van der Waals surface area contributed by atoms with Crippen molar-refractivity contribution in [2.24, 2.45) is 5.73 Å². The Balaban J connectivity index is 2.83. The summed E-state index contributed by atoms with van der Waals surface area (Å²) in [5.41, 5.74) is 5.31. The number of nitro benzene ring substituents is 1. The fraction of sp³-hybridized carbons (Fsp3) is 0.200. The highest BCUT2D eigenvalue weighted by Crippen LogP contribution is 2.27. The minimum Gasteiger partial charge on any atom is -0.481 e. The van der Waals surface area contributed by atoms with Crippen LogP contribution in [-0.4, -0.2) is 27.9 Å². The van der Waals surface area contributed by atoms with Crippen molar-refractivity contribution in [1.29, 1.82) is 0 Å². The van der Waals surface area contributed by atoms with E-state index in [4.69, 9.17) is 10.8 Å². The molecule has 1 amide bonds. The van der Waals surface area contributed by atoms with E-state index in [0.717, 1.165) is 6.07 Å². The molecule has 0 aromatic heterocycles. The molecule has 0 fully saturated rings. The van der Waals surface area contributed by atoms with Crippen LogP contribution in [0.4, 0.5) is 11.4 Å². The number of nitro groups is 1. The predicted molar refractivity (Wildman–Crippen MR) is 69.7 cm³/mol. The quantitative estimate of drug-likeness (QED) is 0.546. The van der Waals surface area contributed by atoms with Crippen LogP contribution < -0.4 is 11.1 Å². The zero-order chi connectivity index (χ0) is 14.6. The topological polar surface area (TPSA) is 136 Å². The number of amides is 1. The Morgan fingerprint density at radius 3 is 2.68 bits per heavy atom. The third kappa shape index (κ3) is 4.30. The molecule has 1 rings (SSSR count). The molecule has 0 aliphatic heterocycles. The first kappa shape index (κ1) is 15.1. The number of nitrogens with two attached hydrogens (primary N) is 1. The molecule has 1 unspecified atom stereocenters. The summed E-state index contributed by atoms with van der Waals surface area (Å²) in [5.74, 6) is -1.93. The Kier molecular flexibility index (Phi) is 4.95. The van der Waals surface area contributed by atoms with E-state index in [2.05, 4.69) is 21.2 Å². The lowest BCUT2D eigenvalue weighted by molar-refractivity contribution is -0.385. The van der Waals surface area contributed by atoms with Crippen LogP contribution >= 0.6 is 15.9 Å². The SMILES string of the molecule is NC(CC(=O)O)C(=O)Nc1ccc(Br)c([N+](=O)[O-])c1. The summed E-state index contributed by atoms with van der Waals surface area (Å²) in [6.45, 7) is 0. The van der Waals surface area contributed by atoms with Gasteiger partial charge in [0, 0.05) is 11.8 Å². The van der Waals surface area contributed by atoms with Crippen LogP contribution in [0.2, 0.25) is 0 Å². The van der Waals surface area contributed by atoms with E-state index >= 15 is 0 Å². The van der Waals surface area contributed by atoms with Gasteiger partial charge in [-0.15, -0.1) is 0 Å².